The third kappa shape index (κ3) is 13.8. The van der Waals surface area contributed by atoms with Crippen LogP contribution >= 0.6 is 0 Å². The molecule has 4 unspecified atom stereocenters. The molecule has 2 nitrogen and oxygen atoms in total. The minimum Gasteiger partial charge on any atom is -0.396 e. The van der Waals surface area contributed by atoms with Crippen molar-refractivity contribution in [3.8, 4) is 0 Å². The second-order valence-corrected chi connectivity index (χ2v) is 8.14. The molecule has 0 aromatic heterocycles. The summed E-state index contributed by atoms with van der Waals surface area (Å²) in [7, 11) is 0. The predicted octanol–water partition coefficient (Wildman–Crippen LogP) is 5.73. The van der Waals surface area contributed by atoms with Gasteiger partial charge in [-0.2, -0.15) is 0 Å². The van der Waals surface area contributed by atoms with Gasteiger partial charge in [-0.3, -0.25) is 0 Å². The van der Waals surface area contributed by atoms with Gasteiger partial charge in [0.15, 0.2) is 0 Å². The molecular formula is C21H42O2. The maximum absolute atomic E-state index is 9.91. The van der Waals surface area contributed by atoms with Crippen molar-refractivity contribution in [2.45, 2.75) is 97.5 Å². The minimum atomic E-state index is -0.693. The topological polar surface area (TPSA) is 40.5 Å². The van der Waals surface area contributed by atoms with Gasteiger partial charge in [0.1, 0.15) is 0 Å². The molecule has 2 heteroatoms. The van der Waals surface area contributed by atoms with Gasteiger partial charge in [0, 0.05) is 6.61 Å². The first-order valence-corrected chi connectivity index (χ1v) is 9.77. The third-order valence-electron chi connectivity index (χ3n) is 5.23. The molecule has 0 saturated heterocycles. The molecule has 0 aromatic rings. The first-order chi connectivity index (χ1) is 10.8. The second kappa shape index (κ2) is 13.0. The molecule has 0 aromatic carbocycles. The van der Waals surface area contributed by atoms with E-state index in [2.05, 4.69) is 27.4 Å². The van der Waals surface area contributed by atoms with Crippen LogP contribution in [-0.2, 0) is 0 Å². The molecule has 0 amide bonds. The number of hydrogen-bond acceptors (Lipinski definition) is 2. The van der Waals surface area contributed by atoms with Crippen LogP contribution < -0.4 is 0 Å². The maximum atomic E-state index is 9.91. The standard InChI is InChI=1S/C21H42O2/c1-6-21(5,23)16-9-14-19(3)12-7-10-18(2)11-8-13-20(4)15-17-22/h6,18-20,22-23H,1,7-17H2,2-5H3. The second-order valence-electron chi connectivity index (χ2n) is 8.14. The molecule has 0 aliphatic heterocycles. The van der Waals surface area contributed by atoms with Crippen LogP contribution in [0.2, 0.25) is 0 Å². The van der Waals surface area contributed by atoms with E-state index in [9.17, 15) is 5.11 Å². The van der Waals surface area contributed by atoms with Gasteiger partial charge in [0.05, 0.1) is 5.60 Å². The molecule has 138 valence electrons. The summed E-state index contributed by atoms with van der Waals surface area (Å²) < 4.78 is 0. The van der Waals surface area contributed by atoms with E-state index in [1.807, 2.05) is 6.92 Å². The van der Waals surface area contributed by atoms with Gasteiger partial charge in [0.25, 0.3) is 0 Å². The predicted molar refractivity (Wildman–Crippen MR) is 102 cm³/mol. The highest BCUT2D eigenvalue weighted by Crippen LogP contribution is 2.23. The monoisotopic (exact) mass is 326 g/mol. The summed E-state index contributed by atoms with van der Waals surface area (Å²) in [6, 6.07) is 0. The van der Waals surface area contributed by atoms with Crippen LogP contribution in [0, 0.1) is 17.8 Å². The van der Waals surface area contributed by atoms with Crippen molar-refractivity contribution in [3.63, 3.8) is 0 Å². The highest BCUT2D eigenvalue weighted by molar-refractivity contribution is 4.91. The molecule has 2 N–H and O–H groups in total. The SMILES string of the molecule is C=CC(C)(O)CCCC(C)CCCC(C)CCCC(C)CCO. The van der Waals surface area contributed by atoms with Gasteiger partial charge in [0.2, 0.25) is 0 Å². The fraction of sp³-hybridized carbons (Fsp3) is 0.905. The van der Waals surface area contributed by atoms with E-state index in [0.717, 1.165) is 31.1 Å². The van der Waals surface area contributed by atoms with Crippen molar-refractivity contribution in [1.29, 1.82) is 0 Å². The number of aliphatic hydroxyl groups excluding tert-OH is 1. The Morgan fingerprint density at radius 1 is 0.826 bits per heavy atom. The highest BCUT2D eigenvalue weighted by Gasteiger charge is 2.15. The van der Waals surface area contributed by atoms with Gasteiger partial charge in [-0.15, -0.1) is 6.58 Å². The summed E-state index contributed by atoms with van der Waals surface area (Å²) in [4.78, 5) is 0. The minimum absolute atomic E-state index is 0.330. The lowest BCUT2D eigenvalue weighted by Gasteiger charge is -2.20. The van der Waals surface area contributed by atoms with Crippen molar-refractivity contribution in [2.24, 2.45) is 17.8 Å². The van der Waals surface area contributed by atoms with E-state index in [1.165, 1.54) is 44.9 Å². The van der Waals surface area contributed by atoms with Gasteiger partial charge in [-0.05, 0) is 37.5 Å². The van der Waals surface area contributed by atoms with Gasteiger partial charge >= 0.3 is 0 Å². The van der Waals surface area contributed by atoms with Crippen molar-refractivity contribution < 1.29 is 10.2 Å². The molecule has 0 spiro atoms. The van der Waals surface area contributed by atoms with Crippen molar-refractivity contribution in [3.05, 3.63) is 12.7 Å². The fourth-order valence-electron chi connectivity index (χ4n) is 3.19. The van der Waals surface area contributed by atoms with Crippen LogP contribution in [-0.4, -0.2) is 22.4 Å². The summed E-state index contributed by atoms with van der Waals surface area (Å²) >= 11 is 0. The van der Waals surface area contributed by atoms with E-state index in [1.54, 1.807) is 6.08 Å². The molecule has 4 atom stereocenters. The fourth-order valence-corrected chi connectivity index (χ4v) is 3.19. The number of rotatable bonds is 15. The summed E-state index contributed by atoms with van der Waals surface area (Å²) in [5, 5.41) is 18.8. The Kier molecular flexibility index (Phi) is 12.8. The summed E-state index contributed by atoms with van der Waals surface area (Å²) in [6.07, 6.45) is 13.6. The zero-order valence-electron chi connectivity index (χ0n) is 16.2. The van der Waals surface area contributed by atoms with Gasteiger partial charge in [-0.1, -0.05) is 78.2 Å². The molecule has 0 heterocycles. The Balaban J connectivity index is 3.59. The average molecular weight is 327 g/mol. The van der Waals surface area contributed by atoms with Gasteiger partial charge < -0.3 is 10.2 Å². The smallest absolute Gasteiger partial charge is 0.0797 e. The number of aliphatic hydroxyl groups is 2. The Labute approximate surface area is 145 Å². The molecule has 0 saturated carbocycles. The first-order valence-electron chi connectivity index (χ1n) is 9.77. The quantitative estimate of drug-likeness (QED) is 0.378. The summed E-state index contributed by atoms with van der Waals surface area (Å²) in [6.45, 7) is 12.8. The first kappa shape index (κ1) is 22.7. The molecule has 0 fully saturated rings. The van der Waals surface area contributed by atoms with Crippen molar-refractivity contribution >= 4 is 0 Å². The van der Waals surface area contributed by atoms with Crippen LogP contribution in [0.5, 0.6) is 0 Å². The Morgan fingerprint density at radius 2 is 1.22 bits per heavy atom. The van der Waals surface area contributed by atoms with Crippen LogP contribution in [0.1, 0.15) is 91.9 Å². The van der Waals surface area contributed by atoms with E-state index in [4.69, 9.17) is 5.11 Å². The van der Waals surface area contributed by atoms with Gasteiger partial charge in [-0.25, -0.2) is 0 Å². The van der Waals surface area contributed by atoms with E-state index in [0.29, 0.717) is 12.5 Å². The van der Waals surface area contributed by atoms with Crippen LogP contribution in [0.25, 0.3) is 0 Å². The molecule has 0 aliphatic carbocycles. The normalized spacial score (nSPS) is 18.2. The van der Waals surface area contributed by atoms with Crippen LogP contribution in [0.4, 0.5) is 0 Å². The molecular weight excluding hydrogens is 284 g/mol. The molecule has 0 aliphatic rings. The van der Waals surface area contributed by atoms with Crippen molar-refractivity contribution in [1.82, 2.24) is 0 Å². The zero-order chi connectivity index (χ0) is 17.7. The summed E-state index contributed by atoms with van der Waals surface area (Å²) in [5.41, 5.74) is -0.693. The Bertz CT molecular complexity index is 286. The molecule has 0 rings (SSSR count). The lowest BCUT2D eigenvalue weighted by molar-refractivity contribution is 0.0974. The van der Waals surface area contributed by atoms with Crippen molar-refractivity contribution in [2.75, 3.05) is 6.61 Å². The van der Waals surface area contributed by atoms with E-state index in [-0.39, 0.29) is 0 Å². The highest BCUT2D eigenvalue weighted by atomic mass is 16.3. The summed E-state index contributed by atoms with van der Waals surface area (Å²) in [5.74, 6) is 2.25. The largest absolute Gasteiger partial charge is 0.396 e. The molecule has 23 heavy (non-hydrogen) atoms. The average Bonchev–Trinajstić information content (AvgIpc) is 2.47. The third-order valence-corrected chi connectivity index (χ3v) is 5.23. The van der Waals surface area contributed by atoms with E-state index >= 15 is 0 Å². The maximum Gasteiger partial charge on any atom is 0.0797 e. The van der Waals surface area contributed by atoms with E-state index < -0.39 is 5.60 Å². The lowest BCUT2D eigenvalue weighted by atomic mass is 9.90. The molecule has 0 radical (unpaired) electrons. The Morgan fingerprint density at radius 3 is 1.61 bits per heavy atom. The zero-order valence-corrected chi connectivity index (χ0v) is 16.2. The lowest BCUT2D eigenvalue weighted by Crippen LogP contribution is -2.20. The number of hydrogen-bond donors (Lipinski definition) is 2. The van der Waals surface area contributed by atoms with Crippen LogP contribution in [0.3, 0.4) is 0 Å². The van der Waals surface area contributed by atoms with Crippen LogP contribution in [0.15, 0.2) is 12.7 Å². The Hall–Kier alpha value is -0.340. The molecule has 0 bridgehead atoms.